The molecule has 9 aromatic carbocycles. The second kappa shape index (κ2) is 31.4. The SMILES string of the molecule is CCCCOc1c2c(c(OCCCC)c3cc4ccccc4cc13)-c1nc-2nc2[nH]c(nc3nc(nc4c5c(OCCCC)c6ncccc6c(OCCCC)c5c(n1)n4C)-c1c-3c(OCCCC)c3cc4ccccc4cc3c1OCCCC)c1c(OCCCC)c3ccccc3c(OCCCC)c21. The first kappa shape index (κ1) is 70.1. The largest absolute Gasteiger partial charge is 0.492 e. The van der Waals surface area contributed by atoms with Gasteiger partial charge in [0.2, 0.25) is 0 Å². The molecule has 0 saturated carbocycles. The molecule has 105 heavy (non-hydrogen) atoms. The van der Waals surface area contributed by atoms with Gasteiger partial charge in [0.25, 0.3) is 0 Å². The van der Waals surface area contributed by atoms with Gasteiger partial charge in [0.1, 0.15) is 68.4 Å². The van der Waals surface area contributed by atoms with Gasteiger partial charge >= 0.3 is 0 Å². The van der Waals surface area contributed by atoms with E-state index in [2.05, 4.69) is 164 Å². The minimum Gasteiger partial charge on any atom is -0.492 e. The lowest BCUT2D eigenvalue weighted by molar-refractivity contribution is 0.308. The first-order valence-electron chi connectivity index (χ1n) is 38.7. The van der Waals surface area contributed by atoms with Gasteiger partial charge in [-0.1, -0.05) is 180 Å². The molecule has 0 saturated heterocycles. The number of fused-ring (bicyclic) bond motifs is 26. The molecule has 6 heterocycles. The predicted molar refractivity (Wildman–Crippen MR) is 427 cm³/mol. The Kier molecular flexibility index (Phi) is 21.0. The Bertz CT molecular complexity index is 5290. The number of benzene rings is 9. The molecule has 4 aromatic heterocycles. The number of aryl methyl sites for hydroxylation is 1. The summed E-state index contributed by atoms with van der Waals surface area (Å²) in [7, 11) is 2.01. The van der Waals surface area contributed by atoms with Crippen LogP contribution in [0, 0.1) is 0 Å². The van der Waals surface area contributed by atoms with Gasteiger partial charge < -0.3 is 47.4 Å². The molecule has 8 bridgehead atoms. The molecule has 0 atom stereocenters. The Hall–Kier alpha value is -10.6. The molecule has 0 aliphatic carbocycles. The average molecular weight is 1410 g/mol. The number of aromatic nitrogens is 9. The number of nitrogens with zero attached hydrogens (tertiary/aromatic N) is 8. The van der Waals surface area contributed by atoms with Crippen LogP contribution in [0.4, 0.5) is 0 Å². The highest BCUT2D eigenvalue weighted by Crippen LogP contribution is 2.57. The molecule has 0 amide bonds. The number of ether oxygens (including phenoxy) is 8. The number of pyridine rings is 1. The summed E-state index contributed by atoms with van der Waals surface area (Å²) in [5.74, 6) is 6.24. The van der Waals surface area contributed by atoms with Crippen LogP contribution < -0.4 is 37.9 Å². The van der Waals surface area contributed by atoms with Crippen molar-refractivity contribution >= 4 is 109 Å². The summed E-state index contributed by atoms with van der Waals surface area (Å²) in [5.41, 5.74) is 5.00. The molecule has 17 heteroatoms. The zero-order valence-electron chi connectivity index (χ0n) is 62.3. The normalized spacial score (nSPS) is 12.0. The fraction of sp³-hybridized carbons (Fsp3) is 0.375. The first-order valence-corrected chi connectivity index (χ1v) is 38.7. The van der Waals surface area contributed by atoms with Gasteiger partial charge in [-0.2, -0.15) is 0 Å². The molecule has 540 valence electrons. The number of nitrogens with one attached hydrogen (secondary N) is 1. The van der Waals surface area contributed by atoms with Gasteiger partial charge in [-0.25, -0.2) is 29.9 Å². The molecule has 0 fully saturated rings. The minimum absolute atomic E-state index is 0.338. The maximum atomic E-state index is 7.34. The number of aromatic amines is 1. The van der Waals surface area contributed by atoms with E-state index in [4.69, 9.17) is 72.8 Å². The maximum Gasteiger partial charge on any atom is 0.168 e. The van der Waals surface area contributed by atoms with Gasteiger partial charge in [-0.3, -0.25) is 4.98 Å². The van der Waals surface area contributed by atoms with E-state index in [-0.39, 0.29) is 0 Å². The predicted octanol–water partition coefficient (Wildman–Crippen LogP) is 22.6. The van der Waals surface area contributed by atoms with Gasteiger partial charge in [-0.15, -0.1) is 0 Å². The Morgan fingerprint density at radius 3 is 0.924 bits per heavy atom. The Morgan fingerprint density at radius 1 is 0.295 bits per heavy atom. The molecule has 0 radical (unpaired) electrons. The number of rotatable bonds is 32. The van der Waals surface area contributed by atoms with Crippen molar-refractivity contribution in [2.24, 2.45) is 7.05 Å². The zero-order valence-corrected chi connectivity index (χ0v) is 62.3. The van der Waals surface area contributed by atoms with Crippen molar-refractivity contribution in [1.82, 2.24) is 44.4 Å². The molecule has 2 aliphatic heterocycles. The van der Waals surface area contributed by atoms with Crippen LogP contribution in [0.15, 0.2) is 115 Å². The Morgan fingerprint density at radius 2 is 0.581 bits per heavy atom. The van der Waals surface area contributed by atoms with E-state index in [9.17, 15) is 0 Å². The average Bonchev–Trinajstić information content (AvgIpc) is 1.59. The highest BCUT2D eigenvalue weighted by molar-refractivity contribution is 6.23. The van der Waals surface area contributed by atoms with Crippen molar-refractivity contribution < 1.29 is 37.9 Å². The number of hydrogen-bond acceptors (Lipinski definition) is 15. The fourth-order valence-electron chi connectivity index (χ4n) is 14.6. The molecule has 17 nitrogen and oxygen atoms in total. The fourth-order valence-corrected chi connectivity index (χ4v) is 14.6. The molecule has 2 aliphatic rings. The molecule has 0 spiro atoms. The second-order valence-corrected chi connectivity index (χ2v) is 27.7. The summed E-state index contributed by atoms with van der Waals surface area (Å²) >= 11 is 0. The van der Waals surface area contributed by atoms with Gasteiger partial charge in [-0.05, 0) is 109 Å². The van der Waals surface area contributed by atoms with Crippen molar-refractivity contribution in [3.63, 3.8) is 0 Å². The summed E-state index contributed by atoms with van der Waals surface area (Å²) in [4.78, 5) is 44.7. The van der Waals surface area contributed by atoms with Crippen LogP contribution in [0.3, 0.4) is 0 Å². The lowest BCUT2D eigenvalue weighted by Gasteiger charge is -2.19. The first-order chi connectivity index (χ1) is 51.7. The van der Waals surface area contributed by atoms with E-state index in [1.807, 2.05) is 23.9 Å². The second-order valence-electron chi connectivity index (χ2n) is 27.7. The van der Waals surface area contributed by atoms with Crippen LogP contribution in [-0.4, -0.2) is 97.3 Å². The Labute approximate surface area is 613 Å². The third-order valence-electron chi connectivity index (χ3n) is 20.2. The van der Waals surface area contributed by atoms with Gasteiger partial charge in [0, 0.05) is 50.9 Å². The number of H-pyrrole nitrogens is 1. The van der Waals surface area contributed by atoms with E-state index in [0.29, 0.717) is 194 Å². The summed E-state index contributed by atoms with van der Waals surface area (Å²) < 4.78 is 60.3. The van der Waals surface area contributed by atoms with Crippen LogP contribution in [0.2, 0.25) is 0 Å². The molecule has 13 aromatic rings. The molecule has 15 rings (SSSR count). The summed E-state index contributed by atoms with van der Waals surface area (Å²) in [6, 6.07) is 38.2. The lowest BCUT2D eigenvalue weighted by Crippen LogP contribution is -2.04. The highest BCUT2D eigenvalue weighted by atomic mass is 16.5. The standard InChI is InChI=1S/C88H95N9O8/c1-10-18-41-98-73-57-37-30-31-38-58(57)74(99-42-19-11-2)65-64(73)81-90-82(65)92-84-67-69(79(104-47-24-16-7)63-52-56-36-29-27-34-54(56)50-61(63)77(67)102-45-22-14-5)86(94-84)96-88-71-70(75(100-43-20-12-3)59-39-32-40-89-72(59)80(71)105-48-25-17-8)87(97(88)9)95-85-68-66(83(91-81)93-85)76(101-44-21-13-4)60-49-53-33-26-28-35-55(53)51-62(60)78(68)103-46-23-15-6/h26-40,49-52H,10-25,41-48H2,1-9H3,(H,90,91,92,93,94,95,96). The molecular weight excluding hydrogens is 1310 g/mol. The van der Waals surface area contributed by atoms with E-state index >= 15 is 0 Å². The van der Waals surface area contributed by atoms with Crippen LogP contribution in [0.1, 0.15) is 158 Å². The molecule has 0 unspecified atom stereocenters. The third kappa shape index (κ3) is 13.0. The number of unbranched alkanes of at least 4 members (excludes halogenated alkanes) is 8. The van der Waals surface area contributed by atoms with E-state index in [0.717, 1.165) is 162 Å². The molecular formula is C88H95N9O8. The van der Waals surface area contributed by atoms with E-state index in [1.54, 1.807) is 0 Å². The van der Waals surface area contributed by atoms with Crippen LogP contribution in [0.5, 0.6) is 46.0 Å². The highest BCUT2D eigenvalue weighted by Gasteiger charge is 2.37. The van der Waals surface area contributed by atoms with Crippen molar-refractivity contribution in [2.45, 2.75) is 158 Å². The summed E-state index contributed by atoms with van der Waals surface area (Å²) in [6.45, 7) is 20.8. The lowest BCUT2D eigenvalue weighted by atomic mass is 9.95. The van der Waals surface area contributed by atoms with Crippen LogP contribution in [-0.2, 0) is 7.05 Å². The zero-order chi connectivity index (χ0) is 72.1. The van der Waals surface area contributed by atoms with E-state index in [1.165, 1.54) is 0 Å². The third-order valence-corrected chi connectivity index (χ3v) is 20.2. The van der Waals surface area contributed by atoms with Crippen molar-refractivity contribution in [3.8, 4) is 91.5 Å². The van der Waals surface area contributed by atoms with Crippen molar-refractivity contribution in [3.05, 3.63) is 115 Å². The van der Waals surface area contributed by atoms with E-state index < -0.39 is 0 Å². The Balaban J connectivity index is 1.24. The van der Waals surface area contributed by atoms with Crippen LogP contribution >= 0.6 is 0 Å². The number of hydrogen-bond donors (Lipinski definition) is 1. The minimum atomic E-state index is 0.338. The topological polar surface area (TPSA) is 185 Å². The monoisotopic (exact) mass is 1410 g/mol. The van der Waals surface area contributed by atoms with Crippen LogP contribution in [0.25, 0.3) is 154 Å². The van der Waals surface area contributed by atoms with Crippen molar-refractivity contribution in [1.29, 1.82) is 0 Å². The summed E-state index contributed by atoms with van der Waals surface area (Å²) in [6.07, 6.45) is 15.4. The summed E-state index contributed by atoms with van der Waals surface area (Å²) in [5, 5.41) is 12.8. The van der Waals surface area contributed by atoms with Gasteiger partial charge in [0.05, 0.1) is 96.7 Å². The van der Waals surface area contributed by atoms with Crippen molar-refractivity contribution in [2.75, 3.05) is 52.9 Å². The smallest absolute Gasteiger partial charge is 0.168 e. The maximum absolute atomic E-state index is 7.34. The quantitative estimate of drug-likeness (QED) is 0.0310. The van der Waals surface area contributed by atoms with Gasteiger partial charge in [0.15, 0.2) is 29.0 Å². The molecule has 1 N–H and O–H groups in total.